The molecule has 0 N–H and O–H groups in total. The van der Waals surface area contributed by atoms with Crippen LogP contribution in [0.3, 0.4) is 0 Å². The lowest BCUT2D eigenvalue weighted by Crippen LogP contribution is -2.42. The Balaban J connectivity index is 1.68. The van der Waals surface area contributed by atoms with Gasteiger partial charge in [0.15, 0.2) is 0 Å². The molecule has 1 saturated carbocycles. The molecule has 1 aromatic heterocycles. The van der Waals surface area contributed by atoms with Crippen molar-refractivity contribution in [3.05, 3.63) is 28.5 Å². The normalized spacial score (nSPS) is 21.8. The topological polar surface area (TPSA) is 33.2 Å². The van der Waals surface area contributed by atoms with Crippen LogP contribution in [0.1, 0.15) is 48.9 Å². The average Bonchev–Trinajstić information content (AvgIpc) is 2.88. The van der Waals surface area contributed by atoms with Crippen molar-refractivity contribution in [3.8, 4) is 0 Å². The fourth-order valence-corrected chi connectivity index (χ4v) is 3.95. The minimum atomic E-state index is 0.118. The van der Waals surface area contributed by atoms with Crippen molar-refractivity contribution in [3.63, 3.8) is 0 Å². The lowest BCUT2D eigenvalue weighted by atomic mass is 9.77. The molecule has 2 fully saturated rings. The zero-order chi connectivity index (χ0) is 13.3. The molecule has 1 amide bonds. The van der Waals surface area contributed by atoms with Gasteiger partial charge in [0, 0.05) is 19.3 Å². The van der Waals surface area contributed by atoms with Crippen LogP contribution in [-0.4, -0.2) is 28.9 Å². The van der Waals surface area contributed by atoms with Crippen LogP contribution in [0.4, 0.5) is 0 Å². The molecule has 1 saturated heterocycles. The van der Waals surface area contributed by atoms with E-state index in [9.17, 15) is 4.79 Å². The predicted octanol–water partition coefficient (Wildman–Crippen LogP) is 3.64. The molecule has 0 unspecified atom stereocenters. The summed E-state index contributed by atoms with van der Waals surface area (Å²) in [6.07, 6.45) is 9.54. The van der Waals surface area contributed by atoms with E-state index in [1.807, 2.05) is 17.0 Å². The number of halogens is 1. The molecule has 3 nitrogen and oxygen atoms in total. The maximum atomic E-state index is 12.5. The summed E-state index contributed by atoms with van der Waals surface area (Å²) in [7, 11) is 0. The fraction of sp³-hybridized carbons (Fsp3) is 0.600. The summed E-state index contributed by atoms with van der Waals surface area (Å²) in [6.45, 7) is 1.81. The maximum Gasteiger partial charge on any atom is 0.256 e. The van der Waals surface area contributed by atoms with Crippen molar-refractivity contribution < 1.29 is 4.79 Å². The quantitative estimate of drug-likeness (QED) is 0.739. The van der Waals surface area contributed by atoms with Crippen LogP contribution in [0.2, 0.25) is 0 Å². The second-order valence-corrected chi connectivity index (χ2v) is 6.59. The van der Waals surface area contributed by atoms with Crippen molar-refractivity contribution in [2.24, 2.45) is 5.41 Å². The lowest BCUT2D eigenvalue weighted by Gasteiger charge is -2.39. The van der Waals surface area contributed by atoms with Gasteiger partial charge in [0.25, 0.3) is 5.91 Å². The van der Waals surface area contributed by atoms with E-state index in [4.69, 9.17) is 0 Å². The van der Waals surface area contributed by atoms with E-state index in [0.717, 1.165) is 13.1 Å². The second kappa shape index (κ2) is 5.23. The van der Waals surface area contributed by atoms with Crippen LogP contribution < -0.4 is 0 Å². The van der Waals surface area contributed by atoms with Crippen molar-refractivity contribution in [1.82, 2.24) is 9.88 Å². The maximum absolute atomic E-state index is 12.5. The van der Waals surface area contributed by atoms with Gasteiger partial charge >= 0.3 is 0 Å². The van der Waals surface area contributed by atoms with Crippen LogP contribution >= 0.6 is 15.9 Å². The number of carbonyl (C=O) groups is 1. The second-order valence-electron chi connectivity index (χ2n) is 5.84. The van der Waals surface area contributed by atoms with Gasteiger partial charge in [-0.05, 0) is 59.2 Å². The smallest absolute Gasteiger partial charge is 0.256 e. The fourth-order valence-electron chi connectivity index (χ4n) is 3.53. The molecule has 0 atom stereocenters. The SMILES string of the molecule is O=C(c1cccnc1Br)N1CCC2(CCCC2)CC1. The van der Waals surface area contributed by atoms with Crippen LogP contribution in [0.25, 0.3) is 0 Å². The Morgan fingerprint density at radius 2 is 1.89 bits per heavy atom. The number of hydrogen-bond donors (Lipinski definition) is 0. The van der Waals surface area contributed by atoms with E-state index >= 15 is 0 Å². The van der Waals surface area contributed by atoms with Crippen LogP contribution in [0.15, 0.2) is 22.9 Å². The Kier molecular flexibility index (Phi) is 3.61. The third-order valence-electron chi connectivity index (χ3n) is 4.77. The largest absolute Gasteiger partial charge is 0.339 e. The third kappa shape index (κ3) is 2.55. The van der Waals surface area contributed by atoms with Crippen molar-refractivity contribution in [2.45, 2.75) is 38.5 Å². The molecule has 3 rings (SSSR count). The highest BCUT2D eigenvalue weighted by Crippen LogP contribution is 2.46. The standard InChI is InChI=1S/C15H19BrN2O/c16-13-12(4-3-9-17-13)14(19)18-10-7-15(8-11-18)5-1-2-6-15/h3-4,9H,1-2,5-8,10-11H2. The minimum absolute atomic E-state index is 0.118. The van der Waals surface area contributed by atoms with Crippen molar-refractivity contribution in [2.75, 3.05) is 13.1 Å². The zero-order valence-electron chi connectivity index (χ0n) is 11.1. The Hall–Kier alpha value is -0.900. The minimum Gasteiger partial charge on any atom is -0.339 e. The summed E-state index contributed by atoms with van der Waals surface area (Å²) < 4.78 is 0.654. The molecule has 1 aliphatic heterocycles. The molecule has 1 spiro atoms. The zero-order valence-corrected chi connectivity index (χ0v) is 12.7. The highest BCUT2D eigenvalue weighted by Gasteiger charge is 2.38. The van der Waals surface area contributed by atoms with E-state index in [-0.39, 0.29) is 5.91 Å². The molecular weight excluding hydrogens is 304 g/mol. The summed E-state index contributed by atoms with van der Waals surface area (Å²) in [5.41, 5.74) is 1.24. The van der Waals surface area contributed by atoms with Gasteiger partial charge in [-0.15, -0.1) is 0 Å². The molecule has 4 heteroatoms. The number of rotatable bonds is 1. The third-order valence-corrected chi connectivity index (χ3v) is 5.40. The lowest BCUT2D eigenvalue weighted by molar-refractivity contribution is 0.0586. The van der Waals surface area contributed by atoms with Crippen LogP contribution in [-0.2, 0) is 0 Å². The summed E-state index contributed by atoms with van der Waals surface area (Å²) in [4.78, 5) is 18.6. The number of aromatic nitrogens is 1. The number of hydrogen-bond acceptors (Lipinski definition) is 2. The number of amides is 1. The van der Waals surface area contributed by atoms with Gasteiger partial charge in [-0.2, -0.15) is 0 Å². The first-order valence-electron chi connectivity index (χ1n) is 7.10. The van der Waals surface area contributed by atoms with Gasteiger partial charge in [0.2, 0.25) is 0 Å². The number of nitrogens with zero attached hydrogens (tertiary/aromatic N) is 2. The molecule has 0 aromatic carbocycles. The molecule has 102 valence electrons. The number of carbonyl (C=O) groups excluding carboxylic acids is 1. The summed E-state index contributed by atoms with van der Waals surface area (Å²) in [6, 6.07) is 3.67. The Morgan fingerprint density at radius 3 is 2.53 bits per heavy atom. The average molecular weight is 323 g/mol. The van der Waals surface area contributed by atoms with E-state index in [1.165, 1.54) is 38.5 Å². The molecule has 19 heavy (non-hydrogen) atoms. The van der Waals surface area contributed by atoms with Crippen LogP contribution in [0, 0.1) is 5.41 Å². The van der Waals surface area contributed by atoms with Gasteiger partial charge < -0.3 is 4.90 Å². The summed E-state index contributed by atoms with van der Waals surface area (Å²) >= 11 is 3.36. The van der Waals surface area contributed by atoms with E-state index in [0.29, 0.717) is 15.6 Å². The van der Waals surface area contributed by atoms with Crippen molar-refractivity contribution in [1.29, 1.82) is 0 Å². The van der Waals surface area contributed by atoms with Gasteiger partial charge in [0.05, 0.1) is 5.56 Å². The molecule has 2 heterocycles. The monoisotopic (exact) mass is 322 g/mol. The molecule has 0 radical (unpaired) electrons. The van der Waals surface area contributed by atoms with E-state index in [2.05, 4.69) is 20.9 Å². The van der Waals surface area contributed by atoms with Gasteiger partial charge in [0.1, 0.15) is 4.60 Å². The highest BCUT2D eigenvalue weighted by molar-refractivity contribution is 9.10. The van der Waals surface area contributed by atoms with Crippen molar-refractivity contribution >= 4 is 21.8 Å². The van der Waals surface area contributed by atoms with Gasteiger partial charge in [-0.3, -0.25) is 4.79 Å². The van der Waals surface area contributed by atoms with E-state index < -0.39 is 0 Å². The Morgan fingerprint density at radius 1 is 1.21 bits per heavy atom. The first-order chi connectivity index (χ1) is 9.20. The Bertz CT molecular complexity index is 473. The first-order valence-corrected chi connectivity index (χ1v) is 7.89. The van der Waals surface area contributed by atoms with E-state index in [1.54, 1.807) is 6.20 Å². The highest BCUT2D eigenvalue weighted by atomic mass is 79.9. The Labute approximate surface area is 122 Å². The summed E-state index contributed by atoms with van der Waals surface area (Å²) in [5.74, 6) is 0.118. The number of piperidine rings is 1. The molecular formula is C15H19BrN2O. The number of pyridine rings is 1. The van der Waals surface area contributed by atoms with Crippen LogP contribution in [0.5, 0.6) is 0 Å². The molecule has 2 aliphatic rings. The predicted molar refractivity (Wildman–Crippen MR) is 78.0 cm³/mol. The molecule has 1 aromatic rings. The van der Waals surface area contributed by atoms with Gasteiger partial charge in [-0.25, -0.2) is 4.98 Å². The molecule has 1 aliphatic carbocycles. The first kappa shape index (κ1) is 13.1. The summed E-state index contributed by atoms with van der Waals surface area (Å²) in [5, 5.41) is 0. The number of likely N-dealkylation sites (tertiary alicyclic amines) is 1. The van der Waals surface area contributed by atoms with Gasteiger partial charge in [-0.1, -0.05) is 12.8 Å². The molecule has 0 bridgehead atoms.